The van der Waals surface area contributed by atoms with Crippen LogP contribution in [0, 0.1) is 0 Å². The second kappa shape index (κ2) is 8.29. The van der Waals surface area contributed by atoms with Crippen LogP contribution in [0.25, 0.3) is 0 Å². The van der Waals surface area contributed by atoms with Gasteiger partial charge in [-0.25, -0.2) is 8.42 Å². The predicted molar refractivity (Wildman–Crippen MR) is 86.7 cm³/mol. The highest BCUT2D eigenvalue weighted by molar-refractivity contribution is 7.92. The average Bonchev–Trinajstić information content (AvgIpc) is 2.33. The van der Waals surface area contributed by atoms with E-state index in [2.05, 4.69) is 17.0 Å². The second-order valence-corrected chi connectivity index (χ2v) is 7.36. The zero-order valence-corrected chi connectivity index (χ0v) is 14.1. The lowest BCUT2D eigenvalue weighted by Gasteiger charge is -2.11. The van der Waals surface area contributed by atoms with Crippen molar-refractivity contribution in [2.45, 2.75) is 19.8 Å². The van der Waals surface area contributed by atoms with Crippen molar-refractivity contribution in [3.8, 4) is 0 Å². The van der Waals surface area contributed by atoms with E-state index in [-0.39, 0.29) is 21.5 Å². The maximum absolute atomic E-state index is 11.9. The van der Waals surface area contributed by atoms with E-state index >= 15 is 0 Å². The summed E-state index contributed by atoms with van der Waals surface area (Å²) in [6, 6.07) is 2.88. The van der Waals surface area contributed by atoms with Crippen LogP contribution in [0.5, 0.6) is 0 Å². The number of anilines is 1. The molecule has 1 aromatic rings. The van der Waals surface area contributed by atoms with Crippen molar-refractivity contribution in [2.75, 3.05) is 23.6 Å². The molecule has 0 saturated heterocycles. The van der Waals surface area contributed by atoms with Gasteiger partial charge in [-0.1, -0.05) is 41.7 Å². The van der Waals surface area contributed by atoms with Gasteiger partial charge in [-0.2, -0.15) is 0 Å². The van der Waals surface area contributed by atoms with E-state index in [1.807, 2.05) is 0 Å². The highest BCUT2D eigenvalue weighted by Crippen LogP contribution is 2.34. The summed E-state index contributed by atoms with van der Waals surface area (Å²) in [6.07, 6.45) is 1.53. The van der Waals surface area contributed by atoms with Crippen LogP contribution in [0.3, 0.4) is 0 Å². The Kier molecular flexibility index (Phi) is 7.40. The van der Waals surface area contributed by atoms with Gasteiger partial charge >= 0.3 is 0 Å². The molecule has 1 aromatic carbocycles. The normalized spacial score (nSPS) is 11.6. The zero-order chi connectivity index (χ0) is 15.2. The van der Waals surface area contributed by atoms with Crippen LogP contribution in [0.4, 0.5) is 5.69 Å². The molecule has 114 valence electrons. The van der Waals surface area contributed by atoms with Crippen molar-refractivity contribution < 1.29 is 8.42 Å². The van der Waals surface area contributed by atoms with Crippen LogP contribution in [-0.2, 0) is 10.0 Å². The SMILES string of the molecule is CCCNCCCS(=O)(=O)Nc1c(Cl)cc(Cl)cc1Cl. The minimum Gasteiger partial charge on any atom is -0.317 e. The van der Waals surface area contributed by atoms with Crippen molar-refractivity contribution in [3.05, 3.63) is 27.2 Å². The molecule has 0 saturated carbocycles. The van der Waals surface area contributed by atoms with E-state index in [1.165, 1.54) is 12.1 Å². The fourth-order valence-corrected chi connectivity index (χ4v) is 3.72. The first-order chi connectivity index (χ1) is 9.35. The number of rotatable bonds is 8. The highest BCUT2D eigenvalue weighted by atomic mass is 35.5. The molecule has 0 aliphatic heterocycles. The molecule has 2 N–H and O–H groups in total. The number of hydrogen-bond acceptors (Lipinski definition) is 3. The molecule has 1 rings (SSSR count). The van der Waals surface area contributed by atoms with Gasteiger partial charge in [0.05, 0.1) is 21.5 Å². The highest BCUT2D eigenvalue weighted by Gasteiger charge is 2.15. The Morgan fingerprint density at radius 2 is 1.70 bits per heavy atom. The quantitative estimate of drug-likeness (QED) is 0.694. The molecule has 0 atom stereocenters. The monoisotopic (exact) mass is 358 g/mol. The third-order valence-electron chi connectivity index (χ3n) is 2.46. The van der Waals surface area contributed by atoms with Crippen molar-refractivity contribution in [1.82, 2.24) is 5.32 Å². The lowest BCUT2D eigenvalue weighted by Crippen LogP contribution is -2.22. The topological polar surface area (TPSA) is 58.2 Å². The molecule has 4 nitrogen and oxygen atoms in total. The fourth-order valence-electron chi connectivity index (χ4n) is 1.54. The van der Waals surface area contributed by atoms with Gasteiger partial charge in [-0.05, 0) is 38.1 Å². The van der Waals surface area contributed by atoms with Crippen molar-refractivity contribution in [1.29, 1.82) is 0 Å². The van der Waals surface area contributed by atoms with Crippen LogP contribution < -0.4 is 10.0 Å². The molecule has 0 bridgehead atoms. The maximum Gasteiger partial charge on any atom is 0.232 e. The standard InChI is InChI=1S/C12H17Cl3N2O2S/c1-2-4-16-5-3-6-20(18,19)17-12-10(14)7-9(13)8-11(12)15/h7-8,16-17H,2-6H2,1H3. The molecule has 0 aromatic heterocycles. The third kappa shape index (κ3) is 6.06. The Morgan fingerprint density at radius 1 is 1.10 bits per heavy atom. The summed E-state index contributed by atoms with van der Waals surface area (Å²) in [6.45, 7) is 3.58. The Morgan fingerprint density at radius 3 is 2.25 bits per heavy atom. The molecular weight excluding hydrogens is 343 g/mol. The summed E-state index contributed by atoms with van der Waals surface area (Å²) in [5.74, 6) is -0.000994. The summed E-state index contributed by atoms with van der Waals surface area (Å²) in [7, 11) is -3.48. The van der Waals surface area contributed by atoms with Gasteiger partial charge < -0.3 is 5.32 Å². The molecular formula is C12H17Cl3N2O2S. The Balaban J connectivity index is 2.63. The lowest BCUT2D eigenvalue weighted by molar-refractivity contribution is 0.593. The van der Waals surface area contributed by atoms with Gasteiger partial charge in [-0.15, -0.1) is 0 Å². The van der Waals surface area contributed by atoms with Crippen molar-refractivity contribution in [3.63, 3.8) is 0 Å². The van der Waals surface area contributed by atoms with Crippen LogP contribution in [-0.4, -0.2) is 27.3 Å². The molecule has 0 spiro atoms. The van der Waals surface area contributed by atoms with Crippen LogP contribution in [0.15, 0.2) is 12.1 Å². The van der Waals surface area contributed by atoms with E-state index in [4.69, 9.17) is 34.8 Å². The summed E-state index contributed by atoms with van der Waals surface area (Å²) in [5.41, 5.74) is 0.166. The second-order valence-electron chi connectivity index (χ2n) is 4.27. The van der Waals surface area contributed by atoms with Crippen molar-refractivity contribution in [2.24, 2.45) is 0 Å². The number of sulfonamides is 1. The van der Waals surface area contributed by atoms with Crippen LogP contribution in [0.2, 0.25) is 15.1 Å². The van der Waals surface area contributed by atoms with Gasteiger partial charge in [0.25, 0.3) is 0 Å². The van der Waals surface area contributed by atoms with Gasteiger partial charge in [0.15, 0.2) is 0 Å². The van der Waals surface area contributed by atoms with E-state index in [0.29, 0.717) is 18.0 Å². The molecule has 20 heavy (non-hydrogen) atoms. The fraction of sp³-hybridized carbons (Fsp3) is 0.500. The zero-order valence-electron chi connectivity index (χ0n) is 11.0. The number of hydrogen-bond donors (Lipinski definition) is 2. The minimum absolute atomic E-state index is 0.000994. The largest absolute Gasteiger partial charge is 0.317 e. The first-order valence-electron chi connectivity index (χ1n) is 6.21. The molecule has 0 aliphatic carbocycles. The minimum atomic E-state index is -3.48. The number of nitrogens with one attached hydrogen (secondary N) is 2. The van der Waals surface area contributed by atoms with E-state index < -0.39 is 10.0 Å². The Labute approximate surface area is 134 Å². The van der Waals surface area contributed by atoms with E-state index in [9.17, 15) is 8.42 Å². The first-order valence-corrected chi connectivity index (χ1v) is 9.00. The predicted octanol–water partition coefficient (Wildman–Crippen LogP) is 3.78. The summed E-state index contributed by atoms with van der Waals surface area (Å²) in [4.78, 5) is 0. The molecule has 0 radical (unpaired) electrons. The summed E-state index contributed by atoms with van der Waals surface area (Å²) in [5, 5.41) is 3.85. The average molecular weight is 360 g/mol. The first kappa shape index (κ1) is 17.9. The molecule has 0 heterocycles. The van der Waals surface area contributed by atoms with Crippen LogP contribution in [0.1, 0.15) is 19.8 Å². The van der Waals surface area contributed by atoms with E-state index in [1.54, 1.807) is 0 Å². The van der Waals surface area contributed by atoms with Gasteiger partial charge in [0, 0.05) is 5.02 Å². The Hall–Kier alpha value is -0.200. The molecule has 0 fully saturated rings. The van der Waals surface area contributed by atoms with Gasteiger partial charge in [-0.3, -0.25) is 4.72 Å². The summed E-state index contributed by atoms with van der Waals surface area (Å²) >= 11 is 17.6. The third-order valence-corrected chi connectivity index (χ3v) is 4.61. The molecule has 0 aliphatic rings. The molecule has 0 amide bonds. The Bertz CT molecular complexity index is 527. The van der Waals surface area contributed by atoms with Gasteiger partial charge in [0.1, 0.15) is 0 Å². The summed E-state index contributed by atoms with van der Waals surface area (Å²) < 4.78 is 26.3. The molecule has 8 heteroatoms. The van der Waals surface area contributed by atoms with Crippen LogP contribution >= 0.6 is 34.8 Å². The maximum atomic E-state index is 11.9. The smallest absolute Gasteiger partial charge is 0.232 e. The molecule has 0 unspecified atom stereocenters. The van der Waals surface area contributed by atoms with Gasteiger partial charge in [0.2, 0.25) is 10.0 Å². The van der Waals surface area contributed by atoms with Crippen molar-refractivity contribution >= 4 is 50.5 Å². The number of halogens is 3. The number of benzene rings is 1. The lowest BCUT2D eigenvalue weighted by atomic mass is 10.3. The van der Waals surface area contributed by atoms with E-state index in [0.717, 1.165) is 13.0 Å².